The molecule has 8 heteroatoms. The van der Waals surface area contributed by atoms with Crippen molar-refractivity contribution in [2.75, 3.05) is 31.3 Å². The van der Waals surface area contributed by atoms with Crippen molar-refractivity contribution in [2.45, 2.75) is 20.0 Å². The zero-order chi connectivity index (χ0) is 17.1. The molecule has 1 aromatic heterocycles. The van der Waals surface area contributed by atoms with Crippen LogP contribution < -0.4 is 10.6 Å². The second kappa shape index (κ2) is 6.76. The molecule has 0 aliphatic rings. The molecule has 1 aromatic rings. The number of aliphatic imine (C=N–C) groups is 1. The number of hydrogen-bond acceptors (Lipinski definition) is 5. The van der Waals surface area contributed by atoms with Crippen LogP contribution in [0.2, 0.25) is 0 Å². The Bertz CT molecular complexity index is 578. The molecule has 0 radical (unpaired) electrons. The lowest BCUT2D eigenvalue weighted by Gasteiger charge is -2.21. The second-order valence-electron chi connectivity index (χ2n) is 5.29. The molecule has 0 amide bonds. The van der Waals surface area contributed by atoms with Crippen LogP contribution in [0.5, 0.6) is 0 Å². The highest BCUT2D eigenvalue weighted by atomic mass is 19.4. The largest absolute Gasteiger partial charge is 0.433 e. The average molecular weight is 315 g/mol. The molecule has 0 saturated carbocycles. The van der Waals surface area contributed by atoms with Gasteiger partial charge in [0.15, 0.2) is 0 Å². The minimum Gasteiger partial charge on any atom is -0.368 e. The number of anilines is 2. The Hall–Kier alpha value is -2.12. The maximum Gasteiger partial charge on any atom is 0.433 e. The summed E-state index contributed by atoms with van der Waals surface area (Å²) in [6, 6.07) is 1.43. The summed E-state index contributed by atoms with van der Waals surface area (Å²) in [6.45, 7) is 8.17. The number of hydrogen-bond donors (Lipinski definition) is 1. The molecule has 1 heterocycles. The van der Waals surface area contributed by atoms with Crippen LogP contribution in [-0.4, -0.2) is 42.5 Å². The highest BCUT2D eigenvalue weighted by Crippen LogP contribution is 2.28. The van der Waals surface area contributed by atoms with Gasteiger partial charge in [0.2, 0.25) is 5.95 Å². The fraction of sp³-hybridized carbons (Fsp3) is 0.500. The second-order valence-corrected chi connectivity index (χ2v) is 5.29. The van der Waals surface area contributed by atoms with Gasteiger partial charge in [0.1, 0.15) is 11.5 Å². The predicted octanol–water partition coefficient (Wildman–Crippen LogP) is 2.80. The van der Waals surface area contributed by atoms with Crippen LogP contribution in [-0.2, 0) is 0 Å². The van der Waals surface area contributed by atoms with Gasteiger partial charge in [-0.25, -0.2) is 4.98 Å². The number of rotatable bonds is 5. The lowest BCUT2D eigenvalue weighted by molar-refractivity contribution is -0.0572. The molecule has 1 rings (SSSR count). The highest BCUT2D eigenvalue weighted by Gasteiger charge is 2.37. The third-order valence-corrected chi connectivity index (χ3v) is 2.85. The fourth-order valence-corrected chi connectivity index (χ4v) is 2.00. The number of aromatic nitrogens is 2. The molecule has 0 fully saturated rings. The number of nitrogen functional groups attached to an aromatic ring is 1. The molecule has 122 valence electrons. The summed E-state index contributed by atoms with van der Waals surface area (Å²) < 4.78 is 38.7. The highest BCUT2D eigenvalue weighted by molar-refractivity contribution is 6.25. The van der Waals surface area contributed by atoms with Gasteiger partial charge in [-0.2, -0.15) is 18.2 Å². The molecule has 0 spiro atoms. The van der Waals surface area contributed by atoms with Crippen molar-refractivity contribution >= 4 is 23.1 Å². The van der Waals surface area contributed by atoms with Crippen LogP contribution in [0.3, 0.4) is 0 Å². The first-order chi connectivity index (χ1) is 10.1. The SMILES string of the molecule is C=C(C(=NC)C(F)(F)F)c1cc(N(C)CC(C)C)nc(N)n1. The predicted molar refractivity (Wildman–Crippen MR) is 83.0 cm³/mol. The van der Waals surface area contributed by atoms with Crippen LogP contribution in [0, 0.1) is 5.92 Å². The van der Waals surface area contributed by atoms with E-state index in [2.05, 4.69) is 21.5 Å². The summed E-state index contributed by atoms with van der Waals surface area (Å²) in [5.41, 5.74) is 4.20. The molecular formula is C14H20F3N5. The van der Waals surface area contributed by atoms with Crippen molar-refractivity contribution < 1.29 is 13.2 Å². The summed E-state index contributed by atoms with van der Waals surface area (Å²) in [6.07, 6.45) is -4.60. The van der Waals surface area contributed by atoms with Gasteiger partial charge in [-0.3, -0.25) is 4.99 Å². The zero-order valence-corrected chi connectivity index (χ0v) is 13.1. The number of nitrogens with two attached hydrogens (primary N) is 1. The molecule has 0 saturated heterocycles. The molecular weight excluding hydrogens is 295 g/mol. The summed E-state index contributed by atoms with van der Waals surface area (Å²) in [5, 5.41) is 0. The quantitative estimate of drug-likeness (QED) is 0.848. The van der Waals surface area contributed by atoms with E-state index in [1.807, 2.05) is 13.8 Å². The first kappa shape index (κ1) is 17.9. The van der Waals surface area contributed by atoms with Gasteiger partial charge >= 0.3 is 6.18 Å². The van der Waals surface area contributed by atoms with E-state index in [1.165, 1.54) is 6.07 Å². The van der Waals surface area contributed by atoms with Crippen molar-refractivity contribution in [1.82, 2.24) is 9.97 Å². The Balaban J connectivity index is 3.21. The first-order valence-corrected chi connectivity index (χ1v) is 6.65. The van der Waals surface area contributed by atoms with Gasteiger partial charge < -0.3 is 10.6 Å². The standard InChI is InChI=1S/C14H20F3N5/c1-8(2)7-22(5)11-6-10(20-13(18)21-11)9(3)12(19-4)14(15,16)17/h6,8H,3,7H2,1-2,4-5H3,(H2,18,20,21). The summed E-state index contributed by atoms with van der Waals surface area (Å²) in [7, 11) is 2.84. The molecule has 2 N–H and O–H groups in total. The first-order valence-electron chi connectivity index (χ1n) is 6.65. The Morgan fingerprint density at radius 1 is 1.41 bits per heavy atom. The van der Waals surface area contributed by atoms with E-state index in [4.69, 9.17) is 5.73 Å². The van der Waals surface area contributed by atoms with Crippen LogP contribution in [0.1, 0.15) is 19.5 Å². The summed E-state index contributed by atoms with van der Waals surface area (Å²) in [5.74, 6) is 0.688. The normalized spacial score (nSPS) is 12.6. The minimum atomic E-state index is -4.60. The molecule has 0 atom stereocenters. The van der Waals surface area contributed by atoms with E-state index in [1.54, 1.807) is 11.9 Å². The molecule has 0 unspecified atom stereocenters. The van der Waals surface area contributed by atoms with E-state index in [9.17, 15) is 13.2 Å². The van der Waals surface area contributed by atoms with Crippen LogP contribution in [0.4, 0.5) is 24.9 Å². The number of nitrogens with zero attached hydrogens (tertiary/aromatic N) is 4. The lowest BCUT2D eigenvalue weighted by Crippen LogP contribution is -2.26. The molecule has 5 nitrogen and oxygen atoms in total. The molecule has 0 bridgehead atoms. The van der Waals surface area contributed by atoms with Crippen molar-refractivity contribution in [3.8, 4) is 0 Å². The van der Waals surface area contributed by atoms with Crippen molar-refractivity contribution in [3.63, 3.8) is 0 Å². The van der Waals surface area contributed by atoms with Gasteiger partial charge in [0.05, 0.1) is 5.69 Å². The lowest BCUT2D eigenvalue weighted by atomic mass is 10.1. The van der Waals surface area contributed by atoms with Gasteiger partial charge in [0, 0.05) is 32.3 Å². The molecule has 22 heavy (non-hydrogen) atoms. The van der Waals surface area contributed by atoms with E-state index >= 15 is 0 Å². The Labute approximate surface area is 127 Å². The number of halogens is 3. The monoisotopic (exact) mass is 315 g/mol. The molecule has 0 aromatic carbocycles. The van der Waals surface area contributed by atoms with Crippen molar-refractivity contribution in [3.05, 3.63) is 18.3 Å². The molecule has 0 aliphatic carbocycles. The fourth-order valence-electron chi connectivity index (χ4n) is 2.00. The zero-order valence-electron chi connectivity index (χ0n) is 13.1. The summed E-state index contributed by atoms with van der Waals surface area (Å²) >= 11 is 0. The van der Waals surface area contributed by atoms with Crippen molar-refractivity contribution in [1.29, 1.82) is 0 Å². The van der Waals surface area contributed by atoms with Gasteiger partial charge in [-0.05, 0) is 5.92 Å². The Morgan fingerprint density at radius 2 is 2.00 bits per heavy atom. The van der Waals surface area contributed by atoms with E-state index in [0.29, 0.717) is 18.3 Å². The smallest absolute Gasteiger partial charge is 0.368 e. The maximum atomic E-state index is 12.9. The summed E-state index contributed by atoms with van der Waals surface area (Å²) in [4.78, 5) is 13.0. The maximum absolute atomic E-state index is 12.9. The van der Waals surface area contributed by atoms with Gasteiger partial charge in [-0.1, -0.05) is 20.4 Å². The van der Waals surface area contributed by atoms with Gasteiger partial charge in [-0.15, -0.1) is 0 Å². The third kappa shape index (κ3) is 4.44. The minimum absolute atomic E-state index is 0.0102. The Morgan fingerprint density at radius 3 is 2.45 bits per heavy atom. The van der Waals surface area contributed by atoms with Crippen LogP contribution >= 0.6 is 0 Å². The van der Waals surface area contributed by atoms with E-state index in [-0.39, 0.29) is 17.2 Å². The average Bonchev–Trinajstić information content (AvgIpc) is 2.36. The number of allylic oxidation sites excluding steroid dienone is 1. The number of alkyl halides is 3. The third-order valence-electron chi connectivity index (χ3n) is 2.85. The van der Waals surface area contributed by atoms with Crippen LogP contribution in [0.25, 0.3) is 5.57 Å². The van der Waals surface area contributed by atoms with Crippen LogP contribution in [0.15, 0.2) is 17.6 Å². The Kier molecular flexibility index (Phi) is 5.51. The van der Waals surface area contributed by atoms with E-state index in [0.717, 1.165) is 7.05 Å². The van der Waals surface area contributed by atoms with E-state index < -0.39 is 11.9 Å². The molecule has 0 aliphatic heterocycles. The topological polar surface area (TPSA) is 67.4 Å². The van der Waals surface area contributed by atoms with Crippen molar-refractivity contribution in [2.24, 2.45) is 10.9 Å². The van der Waals surface area contributed by atoms with Gasteiger partial charge in [0.25, 0.3) is 0 Å².